The molecule has 1 atom stereocenters. The number of amides is 2. The summed E-state index contributed by atoms with van der Waals surface area (Å²) in [5, 5.41) is 13.3. The number of rotatable bonds is 3. The molecule has 1 saturated heterocycles. The van der Waals surface area contributed by atoms with E-state index in [1.54, 1.807) is 9.80 Å². The van der Waals surface area contributed by atoms with Gasteiger partial charge in [0.1, 0.15) is 5.60 Å². The summed E-state index contributed by atoms with van der Waals surface area (Å²) in [6.07, 6.45) is 1.90. The maximum absolute atomic E-state index is 12.9. The number of carbonyl (C=O) groups excluding carboxylic acids is 2. The summed E-state index contributed by atoms with van der Waals surface area (Å²) in [6.45, 7) is 2.71. The number of carbonyl (C=O) groups is 2. The molecule has 2 heterocycles. The number of nitrogens with zero attached hydrogens (tertiary/aromatic N) is 2. The molecule has 162 valence electrons. The minimum Gasteiger partial charge on any atom is -0.380 e. The number of piperazine rings is 1. The molecule has 0 bridgehead atoms. The van der Waals surface area contributed by atoms with Crippen LogP contribution in [0.4, 0.5) is 0 Å². The van der Waals surface area contributed by atoms with Gasteiger partial charge in [-0.25, -0.2) is 0 Å². The third-order valence-electron chi connectivity index (χ3n) is 6.64. The average molecular weight is 421 g/mol. The van der Waals surface area contributed by atoms with Crippen molar-refractivity contribution in [2.75, 3.05) is 26.2 Å². The van der Waals surface area contributed by atoms with Crippen molar-refractivity contribution in [2.24, 2.45) is 5.73 Å². The van der Waals surface area contributed by atoms with Crippen LogP contribution in [-0.4, -0.2) is 64.7 Å². The molecule has 2 aromatic rings. The van der Waals surface area contributed by atoms with Gasteiger partial charge in [-0.2, -0.15) is 0 Å². The van der Waals surface area contributed by atoms with Crippen molar-refractivity contribution in [3.05, 3.63) is 59.2 Å². The fourth-order valence-electron chi connectivity index (χ4n) is 4.45. The van der Waals surface area contributed by atoms with Crippen molar-refractivity contribution in [3.8, 4) is 11.1 Å². The Balaban J connectivity index is 1.24. The topological polar surface area (TPSA) is 98.9 Å². The molecule has 1 saturated carbocycles. The van der Waals surface area contributed by atoms with Gasteiger partial charge in [-0.15, -0.1) is 0 Å². The van der Waals surface area contributed by atoms with E-state index in [9.17, 15) is 14.7 Å². The molecule has 5 rings (SSSR count). The number of hydrogen-bond donors (Lipinski definition) is 3. The zero-order chi connectivity index (χ0) is 21.6. The molecule has 0 spiro atoms. The summed E-state index contributed by atoms with van der Waals surface area (Å²) in [4.78, 5) is 28.6. The number of benzene rings is 2. The monoisotopic (exact) mass is 420 g/mol. The zero-order valence-corrected chi connectivity index (χ0v) is 17.5. The van der Waals surface area contributed by atoms with Crippen LogP contribution in [0.1, 0.15) is 34.3 Å². The maximum Gasteiger partial charge on any atom is 0.254 e. The number of nitrogens with two attached hydrogens (primary N) is 1. The van der Waals surface area contributed by atoms with Gasteiger partial charge in [0.15, 0.2) is 0 Å². The number of aliphatic hydroxyl groups is 1. The lowest BCUT2D eigenvalue weighted by molar-refractivity contribution is -0.143. The lowest BCUT2D eigenvalue weighted by atomic mass is 9.94. The number of nitrogens with one attached hydrogen (secondary N) is 1. The summed E-state index contributed by atoms with van der Waals surface area (Å²) in [6, 6.07) is 14.1. The first-order valence-corrected chi connectivity index (χ1v) is 11.0. The maximum atomic E-state index is 12.9. The van der Waals surface area contributed by atoms with Gasteiger partial charge in [0.2, 0.25) is 0 Å². The predicted octanol–water partition coefficient (Wildman–Crippen LogP) is 1.09. The minimum atomic E-state index is -1.14. The first-order valence-electron chi connectivity index (χ1n) is 11.0. The Morgan fingerprint density at radius 1 is 0.935 bits per heavy atom. The number of fused-ring (bicyclic) bond motifs is 1. The first-order chi connectivity index (χ1) is 14.9. The molecule has 0 radical (unpaired) electrons. The minimum absolute atomic E-state index is 0.00862. The van der Waals surface area contributed by atoms with Crippen LogP contribution < -0.4 is 11.1 Å². The Morgan fingerprint density at radius 2 is 1.58 bits per heavy atom. The van der Waals surface area contributed by atoms with Gasteiger partial charge in [0.05, 0.1) is 6.17 Å². The Hall–Kier alpha value is -2.74. The highest BCUT2D eigenvalue weighted by atomic mass is 16.3. The third-order valence-corrected chi connectivity index (χ3v) is 6.64. The van der Waals surface area contributed by atoms with Crippen LogP contribution in [0, 0.1) is 0 Å². The van der Waals surface area contributed by atoms with Gasteiger partial charge in [-0.05, 0) is 47.2 Å². The molecule has 4 N–H and O–H groups in total. The Morgan fingerprint density at radius 3 is 2.26 bits per heavy atom. The Kier molecular flexibility index (Phi) is 5.04. The molecule has 1 unspecified atom stereocenters. The van der Waals surface area contributed by atoms with E-state index in [0.717, 1.165) is 24.1 Å². The van der Waals surface area contributed by atoms with E-state index in [1.165, 1.54) is 11.1 Å². The average Bonchev–Trinajstić information content (AvgIpc) is 3.56. The van der Waals surface area contributed by atoms with Crippen molar-refractivity contribution in [2.45, 2.75) is 37.6 Å². The van der Waals surface area contributed by atoms with Gasteiger partial charge in [0.25, 0.3) is 11.8 Å². The van der Waals surface area contributed by atoms with Gasteiger partial charge in [-0.1, -0.05) is 30.3 Å². The predicted molar refractivity (Wildman–Crippen MR) is 117 cm³/mol. The molecular weight excluding hydrogens is 392 g/mol. The van der Waals surface area contributed by atoms with E-state index >= 15 is 0 Å². The van der Waals surface area contributed by atoms with Crippen LogP contribution >= 0.6 is 0 Å². The van der Waals surface area contributed by atoms with E-state index in [1.807, 2.05) is 24.3 Å². The summed E-state index contributed by atoms with van der Waals surface area (Å²) in [5.74, 6) is -0.211. The molecule has 0 aromatic heterocycles. The summed E-state index contributed by atoms with van der Waals surface area (Å²) in [7, 11) is 0. The second-order valence-corrected chi connectivity index (χ2v) is 8.87. The van der Waals surface area contributed by atoms with Crippen LogP contribution in [0.25, 0.3) is 11.1 Å². The smallest absolute Gasteiger partial charge is 0.254 e. The van der Waals surface area contributed by atoms with Gasteiger partial charge < -0.3 is 20.6 Å². The fourth-order valence-corrected chi connectivity index (χ4v) is 4.45. The third kappa shape index (κ3) is 3.96. The Bertz CT molecular complexity index is 1010. The lowest BCUT2D eigenvalue weighted by Crippen LogP contribution is -2.53. The van der Waals surface area contributed by atoms with Crippen LogP contribution in [0.5, 0.6) is 0 Å². The first kappa shape index (κ1) is 20.2. The van der Waals surface area contributed by atoms with Crippen LogP contribution in [0.3, 0.4) is 0 Å². The van der Waals surface area contributed by atoms with Crippen LogP contribution in [0.15, 0.2) is 42.5 Å². The van der Waals surface area contributed by atoms with E-state index in [4.69, 9.17) is 5.73 Å². The van der Waals surface area contributed by atoms with Crippen LogP contribution in [-0.2, 0) is 17.8 Å². The van der Waals surface area contributed by atoms with E-state index < -0.39 is 5.60 Å². The second-order valence-electron chi connectivity index (χ2n) is 8.87. The molecule has 2 aliphatic heterocycles. The highest BCUT2D eigenvalue weighted by Gasteiger charge is 2.50. The van der Waals surface area contributed by atoms with Crippen molar-refractivity contribution < 1.29 is 14.7 Å². The summed E-state index contributed by atoms with van der Waals surface area (Å²) >= 11 is 0. The molecule has 1 aliphatic carbocycles. The number of hydrogen-bond acceptors (Lipinski definition) is 5. The lowest BCUT2D eigenvalue weighted by Gasteiger charge is -2.35. The van der Waals surface area contributed by atoms with Gasteiger partial charge in [0, 0.05) is 44.7 Å². The van der Waals surface area contributed by atoms with Crippen molar-refractivity contribution in [1.82, 2.24) is 15.1 Å². The highest BCUT2D eigenvalue weighted by Crippen LogP contribution is 2.37. The largest absolute Gasteiger partial charge is 0.380 e. The molecular formula is C24H28N4O3. The van der Waals surface area contributed by atoms with Crippen LogP contribution in [0.2, 0.25) is 0 Å². The molecule has 7 heteroatoms. The normalized spacial score (nSPS) is 22.1. The van der Waals surface area contributed by atoms with E-state index in [0.29, 0.717) is 44.6 Å². The Labute approximate surface area is 181 Å². The molecule has 2 aromatic carbocycles. The molecule has 2 amide bonds. The van der Waals surface area contributed by atoms with Gasteiger partial charge >= 0.3 is 0 Å². The SMILES string of the molecule is NC1Cc2cc(-c3ccc(C(=O)N4CCN(C(=O)C5(O)CC5)CC4)cc3)ccc2CN1. The molecule has 31 heavy (non-hydrogen) atoms. The highest BCUT2D eigenvalue weighted by molar-refractivity contribution is 5.95. The standard InChI is InChI=1S/C24H28N4O3/c25-21-14-20-13-18(5-6-19(20)15-26-21)16-1-3-17(4-2-16)22(29)27-9-11-28(12-10-27)23(30)24(31)7-8-24/h1-6,13,21,26,31H,7-12,14-15,25H2. The zero-order valence-electron chi connectivity index (χ0n) is 17.5. The van der Waals surface area contributed by atoms with Crippen molar-refractivity contribution in [1.29, 1.82) is 0 Å². The second kappa shape index (κ2) is 7.75. The van der Waals surface area contributed by atoms with E-state index in [-0.39, 0.29) is 18.0 Å². The summed E-state index contributed by atoms with van der Waals surface area (Å²) < 4.78 is 0. The summed E-state index contributed by atoms with van der Waals surface area (Å²) in [5.41, 5.74) is 10.3. The molecule has 3 aliphatic rings. The molecule has 7 nitrogen and oxygen atoms in total. The van der Waals surface area contributed by atoms with Crippen molar-refractivity contribution in [3.63, 3.8) is 0 Å². The quantitative estimate of drug-likeness (QED) is 0.691. The molecule has 2 fully saturated rings. The van der Waals surface area contributed by atoms with Gasteiger partial charge in [-0.3, -0.25) is 14.9 Å². The van der Waals surface area contributed by atoms with Crippen molar-refractivity contribution >= 4 is 11.8 Å². The fraction of sp³-hybridized carbons (Fsp3) is 0.417. The van der Waals surface area contributed by atoms with E-state index in [2.05, 4.69) is 23.5 Å².